The van der Waals surface area contributed by atoms with Crippen LogP contribution in [0.15, 0.2) is 13.6 Å². The van der Waals surface area contributed by atoms with Gasteiger partial charge >= 0.3 is 0 Å². The average Bonchev–Trinajstić information content (AvgIpc) is 2.59. The molecule has 0 spiro atoms. The number of ketones is 1. The summed E-state index contributed by atoms with van der Waals surface area (Å²) in [4.78, 5) is 14.8. The van der Waals surface area contributed by atoms with Gasteiger partial charge in [-0.3, -0.25) is 9.69 Å². The van der Waals surface area contributed by atoms with E-state index >= 15 is 0 Å². The molecule has 2 rings (SSSR count). The van der Waals surface area contributed by atoms with E-state index in [-0.39, 0.29) is 5.78 Å². The van der Waals surface area contributed by atoms with Crippen molar-refractivity contribution in [1.29, 1.82) is 0 Å². The van der Waals surface area contributed by atoms with Gasteiger partial charge in [-0.25, -0.2) is 0 Å². The molecule has 118 valence electrons. The first-order chi connectivity index (χ1) is 9.77. The van der Waals surface area contributed by atoms with Crippen LogP contribution in [-0.4, -0.2) is 30.3 Å². The van der Waals surface area contributed by atoms with Crippen LogP contribution in [0, 0.1) is 11.3 Å². The zero-order valence-electron chi connectivity index (χ0n) is 12.9. The van der Waals surface area contributed by atoms with Crippen molar-refractivity contribution in [3.05, 3.63) is 19.2 Å². The molecule has 0 aliphatic carbocycles. The molecule has 0 radical (unpaired) electrons. The van der Waals surface area contributed by atoms with Crippen LogP contribution in [0.3, 0.4) is 0 Å². The lowest BCUT2D eigenvalue weighted by Gasteiger charge is -2.29. The van der Waals surface area contributed by atoms with E-state index in [0.29, 0.717) is 12.0 Å². The molecule has 0 N–H and O–H groups in total. The molecule has 1 aromatic rings. The van der Waals surface area contributed by atoms with Crippen molar-refractivity contribution in [3.8, 4) is 0 Å². The molecule has 0 amide bonds. The molecule has 2 nitrogen and oxygen atoms in total. The SMILES string of the molecule is CC(C)(C)C1CCCN(CC(=O)c2cc(Br)sc2Br)CC1. The highest BCUT2D eigenvalue weighted by Crippen LogP contribution is 2.35. The van der Waals surface area contributed by atoms with Crippen molar-refractivity contribution in [3.63, 3.8) is 0 Å². The molecular formula is C16H23Br2NOS. The minimum absolute atomic E-state index is 0.220. The molecule has 0 saturated carbocycles. The summed E-state index contributed by atoms with van der Waals surface area (Å²) in [6, 6.07) is 1.92. The highest BCUT2D eigenvalue weighted by molar-refractivity contribution is 9.12. The van der Waals surface area contributed by atoms with E-state index in [1.165, 1.54) is 19.3 Å². The van der Waals surface area contributed by atoms with Crippen LogP contribution in [0.5, 0.6) is 0 Å². The summed E-state index contributed by atoms with van der Waals surface area (Å²) in [5.41, 5.74) is 1.19. The van der Waals surface area contributed by atoms with Gasteiger partial charge in [-0.1, -0.05) is 20.8 Å². The molecule has 5 heteroatoms. The Morgan fingerprint density at radius 3 is 2.62 bits per heavy atom. The monoisotopic (exact) mass is 435 g/mol. The Balaban J connectivity index is 1.95. The molecular weight excluding hydrogens is 414 g/mol. The summed E-state index contributed by atoms with van der Waals surface area (Å²) in [6.07, 6.45) is 3.68. The maximum atomic E-state index is 12.5. The van der Waals surface area contributed by atoms with Crippen molar-refractivity contribution >= 4 is 49.0 Å². The summed E-state index contributed by atoms with van der Waals surface area (Å²) in [5, 5.41) is 0. The molecule has 1 atom stereocenters. The summed E-state index contributed by atoms with van der Waals surface area (Å²) in [5.74, 6) is 0.984. The minimum Gasteiger partial charge on any atom is -0.296 e. The number of nitrogens with zero attached hydrogens (tertiary/aromatic N) is 1. The largest absolute Gasteiger partial charge is 0.296 e. The van der Waals surface area contributed by atoms with Gasteiger partial charge in [0.25, 0.3) is 0 Å². The van der Waals surface area contributed by atoms with Gasteiger partial charge in [-0.2, -0.15) is 0 Å². The van der Waals surface area contributed by atoms with Crippen LogP contribution in [0.4, 0.5) is 0 Å². The molecule has 2 heterocycles. The van der Waals surface area contributed by atoms with Crippen LogP contribution in [0.25, 0.3) is 0 Å². The lowest BCUT2D eigenvalue weighted by Crippen LogP contribution is -2.31. The number of carbonyl (C=O) groups is 1. The van der Waals surface area contributed by atoms with Crippen LogP contribution in [0.2, 0.25) is 0 Å². The predicted molar refractivity (Wildman–Crippen MR) is 97.3 cm³/mol. The van der Waals surface area contributed by atoms with E-state index in [1.807, 2.05) is 6.07 Å². The van der Waals surface area contributed by atoms with Gasteiger partial charge in [-0.05, 0) is 81.6 Å². The van der Waals surface area contributed by atoms with Crippen molar-refractivity contribution in [1.82, 2.24) is 4.90 Å². The van der Waals surface area contributed by atoms with E-state index in [0.717, 1.165) is 32.1 Å². The van der Waals surface area contributed by atoms with Crippen molar-refractivity contribution < 1.29 is 4.79 Å². The Bertz CT molecular complexity index is 507. The second-order valence-corrected chi connectivity index (χ2v) is 10.7. The van der Waals surface area contributed by atoms with Crippen LogP contribution in [-0.2, 0) is 0 Å². The van der Waals surface area contributed by atoms with E-state index in [1.54, 1.807) is 11.3 Å². The maximum absolute atomic E-state index is 12.5. The Hall–Kier alpha value is 0.290. The zero-order valence-corrected chi connectivity index (χ0v) is 16.9. The van der Waals surface area contributed by atoms with Crippen molar-refractivity contribution in [2.75, 3.05) is 19.6 Å². The molecule has 0 aromatic carbocycles. The Kier molecular flexibility index (Phi) is 6.08. The first kappa shape index (κ1) is 17.6. The summed E-state index contributed by atoms with van der Waals surface area (Å²) < 4.78 is 1.93. The first-order valence-corrected chi connectivity index (χ1v) is 9.88. The Morgan fingerprint density at radius 1 is 1.33 bits per heavy atom. The van der Waals surface area contributed by atoms with Gasteiger partial charge in [0, 0.05) is 5.56 Å². The Morgan fingerprint density at radius 2 is 2.05 bits per heavy atom. The molecule has 1 saturated heterocycles. The van der Waals surface area contributed by atoms with E-state index in [9.17, 15) is 4.79 Å². The maximum Gasteiger partial charge on any atom is 0.178 e. The minimum atomic E-state index is 0.220. The van der Waals surface area contributed by atoms with Gasteiger partial charge in [0.15, 0.2) is 5.78 Å². The number of hydrogen-bond donors (Lipinski definition) is 0. The topological polar surface area (TPSA) is 20.3 Å². The smallest absolute Gasteiger partial charge is 0.178 e. The van der Waals surface area contributed by atoms with Gasteiger partial charge < -0.3 is 0 Å². The van der Waals surface area contributed by atoms with Crippen LogP contribution < -0.4 is 0 Å². The predicted octanol–water partition coefficient (Wildman–Crippen LogP) is 5.60. The third-order valence-corrected chi connectivity index (χ3v) is 6.71. The highest BCUT2D eigenvalue weighted by atomic mass is 79.9. The van der Waals surface area contributed by atoms with Gasteiger partial charge in [0.2, 0.25) is 0 Å². The van der Waals surface area contributed by atoms with E-state index in [2.05, 4.69) is 57.5 Å². The fourth-order valence-corrected chi connectivity index (χ4v) is 5.85. The lowest BCUT2D eigenvalue weighted by atomic mass is 9.77. The molecule has 1 aliphatic rings. The van der Waals surface area contributed by atoms with Gasteiger partial charge in [-0.15, -0.1) is 11.3 Å². The Labute approximate surface area is 148 Å². The second kappa shape index (κ2) is 7.24. The van der Waals surface area contributed by atoms with Crippen molar-refractivity contribution in [2.24, 2.45) is 11.3 Å². The van der Waals surface area contributed by atoms with E-state index in [4.69, 9.17) is 0 Å². The second-order valence-electron chi connectivity index (χ2n) is 6.93. The number of carbonyl (C=O) groups excluding carboxylic acids is 1. The first-order valence-electron chi connectivity index (χ1n) is 7.48. The highest BCUT2D eigenvalue weighted by Gasteiger charge is 2.28. The molecule has 21 heavy (non-hydrogen) atoms. The summed E-state index contributed by atoms with van der Waals surface area (Å²) in [7, 11) is 0. The molecule has 1 unspecified atom stereocenters. The number of likely N-dealkylation sites (tertiary alicyclic amines) is 1. The standard InChI is InChI=1S/C16H23Br2NOS/c1-16(2,3)11-5-4-7-19(8-6-11)10-13(20)12-9-14(17)21-15(12)18/h9,11H,4-8,10H2,1-3H3. The number of halogens is 2. The summed E-state index contributed by atoms with van der Waals surface area (Å²) in [6.45, 7) is 9.62. The number of Topliss-reactive ketones (excluding diaryl/α,β-unsaturated/α-hetero) is 1. The van der Waals surface area contributed by atoms with E-state index < -0.39 is 0 Å². The normalized spacial score (nSPS) is 21.3. The fraction of sp³-hybridized carbons (Fsp3) is 0.688. The third-order valence-electron chi connectivity index (χ3n) is 4.37. The van der Waals surface area contributed by atoms with Gasteiger partial charge in [0.1, 0.15) is 0 Å². The van der Waals surface area contributed by atoms with Crippen LogP contribution >= 0.6 is 43.2 Å². The number of thiophene rings is 1. The molecule has 1 aromatic heterocycles. The quantitative estimate of drug-likeness (QED) is 0.574. The number of hydrogen-bond acceptors (Lipinski definition) is 3. The lowest BCUT2D eigenvalue weighted by molar-refractivity contribution is 0.0930. The molecule has 0 bridgehead atoms. The third kappa shape index (κ3) is 4.88. The molecule has 1 fully saturated rings. The average molecular weight is 437 g/mol. The number of rotatable bonds is 3. The van der Waals surface area contributed by atoms with Crippen molar-refractivity contribution in [2.45, 2.75) is 40.0 Å². The summed E-state index contributed by atoms with van der Waals surface area (Å²) >= 11 is 8.49. The van der Waals surface area contributed by atoms with Crippen LogP contribution in [0.1, 0.15) is 50.4 Å². The fourth-order valence-electron chi connectivity index (χ4n) is 3.00. The zero-order chi connectivity index (χ0) is 15.6. The molecule has 1 aliphatic heterocycles. The van der Waals surface area contributed by atoms with Gasteiger partial charge in [0.05, 0.1) is 14.1 Å².